The molecule has 3 heterocycles. The third-order valence-corrected chi connectivity index (χ3v) is 7.57. The lowest BCUT2D eigenvalue weighted by atomic mass is 10.2. The Bertz CT molecular complexity index is 1040. The summed E-state index contributed by atoms with van der Waals surface area (Å²) in [6, 6.07) is 9.04. The number of aromatic nitrogens is 2. The average Bonchev–Trinajstić information content (AvgIpc) is 2.92. The van der Waals surface area contributed by atoms with Crippen molar-refractivity contribution in [3.63, 3.8) is 0 Å². The van der Waals surface area contributed by atoms with E-state index in [2.05, 4.69) is 20.2 Å². The summed E-state index contributed by atoms with van der Waals surface area (Å²) in [6.45, 7) is 5.36. The molecular weight excluding hydrogens is 380 g/mol. The molecule has 3 aromatic rings. The first kappa shape index (κ1) is 18.5. The smallest absolute Gasteiger partial charge is 0.245 e. The van der Waals surface area contributed by atoms with Crippen molar-refractivity contribution in [2.24, 2.45) is 0 Å². The lowest BCUT2D eigenvalue weighted by Crippen LogP contribution is -2.35. The summed E-state index contributed by atoms with van der Waals surface area (Å²) < 4.78 is 28.2. The minimum Gasteiger partial charge on any atom is -0.296 e. The normalized spacial score (nSPS) is 17.2. The van der Waals surface area contributed by atoms with Gasteiger partial charge in [0, 0.05) is 43.1 Å². The molecule has 0 radical (unpaired) electrons. The van der Waals surface area contributed by atoms with Crippen LogP contribution in [0.3, 0.4) is 0 Å². The molecule has 27 heavy (non-hydrogen) atoms. The zero-order valence-electron chi connectivity index (χ0n) is 15.2. The quantitative estimate of drug-likeness (QED) is 0.671. The van der Waals surface area contributed by atoms with Crippen molar-refractivity contribution in [3.8, 4) is 0 Å². The number of fused-ring (bicyclic) bond motifs is 1. The Balaban J connectivity index is 1.54. The van der Waals surface area contributed by atoms with Crippen LogP contribution in [0.4, 0.5) is 0 Å². The summed E-state index contributed by atoms with van der Waals surface area (Å²) in [5, 5.41) is 3.98. The Morgan fingerprint density at radius 1 is 1.11 bits per heavy atom. The molecule has 1 aliphatic heterocycles. The van der Waals surface area contributed by atoms with Crippen LogP contribution in [0.2, 0.25) is 0 Å². The minimum absolute atomic E-state index is 0.296. The van der Waals surface area contributed by atoms with Crippen LogP contribution in [0.1, 0.15) is 17.1 Å². The standard InChI is InChI=1S/C19H22N4O2S2/c1-15-21-17(14-26-15)13-22-9-4-10-23(12-11-22)27(24,25)18-7-2-5-16-6-3-8-20-19(16)18/h2-3,5-8,14H,4,9-13H2,1H3. The van der Waals surface area contributed by atoms with Crippen LogP contribution in [-0.4, -0.2) is 53.8 Å². The largest absolute Gasteiger partial charge is 0.296 e. The van der Waals surface area contributed by atoms with Gasteiger partial charge in [-0.15, -0.1) is 11.3 Å². The van der Waals surface area contributed by atoms with Crippen molar-refractivity contribution in [1.82, 2.24) is 19.2 Å². The number of nitrogens with zero attached hydrogens (tertiary/aromatic N) is 4. The second-order valence-corrected chi connectivity index (χ2v) is 9.69. The Morgan fingerprint density at radius 3 is 2.78 bits per heavy atom. The maximum atomic E-state index is 13.3. The van der Waals surface area contributed by atoms with Gasteiger partial charge in [0.05, 0.1) is 16.2 Å². The van der Waals surface area contributed by atoms with Gasteiger partial charge < -0.3 is 0 Å². The summed E-state index contributed by atoms with van der Waals surface area (Å²) in [4.78, 5) is 11.4. The second kappa shape index (κ2) is 7.63. The Labute approximate surface area is 163 Å². The maximum Gasteiger partial charge on any atom is 0.245 e. The molecule has 0 saturated carbocycles. The number of benzene rings is 1. The molecule has 1 aliphatic rings. The lowest BCUT2D eigenvalue weighted by molar-refractivity contribution is 0.276. The fourth-order valence-electron chi connectivity index (χ4n) is 3.48. The van der Waals surface area contributed by atoms with E-state index in [0.717, 1.165) is 35.6 Å². The molecule has 0 N–H and O–H groups in total. The zero-order valence-corrected chi connectivity index (χ0v) is 16.8. The van der Waals surface area contributed by atoms with Crippen LogP contribution in [0.5, 0.6) is 0 Å². The predicted octanol–water partition coefficient (Wildman–Crippen LogP) is 2.90. The van der Waals surface area contributed by atoms with E-state index in [1.54, 1.807) is 34.0 Å². The molecular formula is C19H22N4O2S2. The highest BCUT2D eigenvalue weighted by Crippen LogP contribution is 2.25. The fraction of sp³-hybridized carbons (Fsp3) is 0.368. The number of hydrogen-bond donors (Lipinski definition) is 0. The molecule has 2 aromatic heterocycles. The molecule has 0 atom stereocenters. The lowest BCUT2D eigenvalue weighted by Gasteiger charge is -2.21. The van der Waals surface area contributed by atoms with E-state index in [9.17, 15) is 8.42 Å². The summed E-state index contributed by atoms with van der Waals surface area (Å²) in [5.41, 5.74) is 1.60. The highest BCUT2D eigenvalue weighted by Gasteiger charge is 2.28. The highest BCUT2D eigenvalue weighted by atomic mass is 32.2. The van der Waals surface area contributed by atoms with Gasteiger partial charge in [0.1, 0.15) is 4.90 Å². The van der Waals surface area contributed by atoms with E-state index < -0.39 is 10.0 Å². The van der Waals surface area contributed by atoms with Crippen LogP contribution in [0.25, 0.3) is 10.9 Å². The fourth-order valence-corrected chi connectivity index (χ4v) is 5.72. The molecule has 4 rings (SSSR count). The minimum atomic E-state index is -3.57. The molecule has 0 aliphatic carbocycles. The van der Waals surface area contributed by atoms with Crippen molar-refractivity contribution < 1.29 is 8.42 Å². The molecule has 0 spiro atoms. The molecule has 8 heteroatoms. The van der Waals surface area contributed by atoms with Gasteiger partial charge in [0.25, 0.3) is 0 Å². The molecule has 0 unspecified atom stereocenters. The van der Waals surface area contributed by atoms with Crippen molar-refractivity contribution in [2.75, 3.05) is 26.2 Å². The van der Waals surface area contributed by atoms with Crippen molar-refractivity contribution >= 4 is 32.3 Å². The Kier molecular flexibility index (Phi) is 5.23. The van der Waals surface area contributed by atoms with Crippen LogP contribution < -0.4 is 0 Å². The molecule has 1 fully saturated rings. The first-order valence-corrected chi connectivity index (χ1v) is 11.3. The summed E-state index contributed by atoms with van der Waals surface area (Å²) >= 11 is 1.65. The van der Waals surface area contributed by atoms with Gasteiger partial charge in [0.15, 0.2) is 0 Å². The van der Waals surface area contributed by atoms with Crippen LogP contribution >= 0.6 is 11.3 Å². The van der Waals surface area contributed by atoms with Gasteiger partial charge in [-0.3, -0.25) is 9.88 Å². The van der Waals surface area contributed by atoms with Crippen molar-refractivity contribution in [3.05, 3.63) is 52.6 Å². The monoisotopic (exact) mass is 402 g/mol. The van der Waals surface area contributed by atoms with Crippen molar-refractivity contribution in [2.45, 2.75) is 24.8 Å². The molecule has 0 amide bonds. The van der Waals surface area contributed by atoms with Crippen LogP contribution in [-0.2, 0) is 16.6 Å². The highest BCUT2D eigenvalue weighted by molar-refractivity contribution is 7.89. The molecule has 1 saturated heterocycles. The Morgan fingerprint density at radius 2 is 1.96 bits per heavy atom. The summed E-state index contributed by atoms with van der Waals surface area (Å²) in [6.07, 6.45) is 2.45. The topological polar surface area (TPSA) is 66.4 Å². The van der Waals surface area contributed by atoms with E-state index in [1.807, 2.05) is 25.1 Å². The van der Waals surface area contributed by atoms with Crippen molar-refractivity contribution in [1.29, 1.82) is 0 Å². The van der Waals surface area contributed by atoms with E-state index in [4.69, 9.17) is 0 Å². The number of sulfonamides is 1. The second-order valence-electron chi connectivity index (χ2n) is 6.72. The van der Waals surface area contributed by atoms with Gasteiger partial charge in [-0.1, -0.05) is 18.2 Å². The number of para-hydroxylation sites is 1. The first-order valence-electron chi connectivity index (χ1n) is 9.01. The van der Waals surface area contributed by atoms with E-state index in [1.165, 1.54) is 0 Å². The number of hydrogen-bond acceptors (Lipinski definition) is 6. The van der Waals surface area contributed by atoms with E-state index in [0.29, 0.717) is 30.0 Å². The number of rotatable bonds is 4. The molecule has 6 nitrogen and oxygen atoms in total. The van der Waals surface area contributed by atoms with Crippen LogP contribution in [0.15, 0.2) is 46.8 Å². The number of thiazole rings is 1. The van der Waals surface area contributed by atoms with Gasteiger partial charge in [-0.25, -0.2) is 13.4 Å². The molecule has 142 valence electrons. The Hall–Kier alpha value is -1.87. The summed E-state index contributed by atoms with van der Waals surface area (Å²) in [7, 11) is -3.57. The van der Waals surface area contributed by atoms with Gasteiger partial charge in [-0.2, -0.15) is 4.31 Å². The first-order chi connectivity index (χ1) is 13.0. The molecule has 0 bridgehead atoms. The number of pyridine rings is 1. The molecule has 1 aromatic carbocycles. The maximum absolute atomic E-state index is 13.3. The third kappa shape index (κ3) is 3.89. The van der Waals surface area contributed by atoms with Gasteiger partial charge in [-0.05, 0) is 32.0 Å². The van der Waals surface area contributed by atoms with Crippen LogP contribution in [0, 0.1) is 6.92 Å². The number of aryl methyl sites for hydroxylation is 1. The SMILES string of the molecule is Cc1nc(CN2CCCN(S(=O)(=O)c3cccc4cccnc34)CC2)cs1. The third-order valence-electron chi connectivity index (χ3n) is 4.81. The van der Waals surface area contributed by atoms with E-state index >= 15 is 0 Å². The van der Waals surface area contributed by atoms with Gasteiger partial charge >= 0.3 is 0 Å². The average molecular weight is 403 g/mol. The summed E-state index contributed by atoms with van der Waals surface area (Å²) in [5.74, 6) is 0. The van der Waals surface area contributed by atoms with E-state index in [-0.39, 0.29) is 0 Å². The van der Waals surface area contributed by atoms with Gasteiger partial charge in [0.2, 0.25) is 10.0 Å². The predicted molar refractivity (Wildman–Crippen MR) is 107 cm³/mol. The zero-order chi connectivity index (χ0) is 18.9.